The quantitative estimate of drug-likeness (QED) is 0.847. The first kappa shape index (κ1) is 15.5. The number of ether oxygens (including phenoxy) is 1. The minimum absolute atomic E-state index is 0.160. The second-order valence-electron chi connectivity index (χ2n) is 5.62. The zero-order chi connectivity index (χ0) is 15.1. The number of nitriles is 1. The second-order valence-corrected chi connectivity index (χ2v) is 5.62. The number of amides is 1. The molecule has 1 aliphatic carbocycles. The van der Waals surface area contributed by atoms with Gasteiger partial charge < -0.3 is 10.1 Å². The van der Waals surface area contributed by atoms with E-state index in [0.717, 1.165) is 6.42 Å². The molecule has 4 nitrogen and oxygen atoms in total. The molecule has 1 amide bonds. The van der Waals surface area contributed by atoms with E-state index in [1.807, 2.05) is 6.07 Å². The normalized spacial score (nSPS) is 21.5. The Hall–Kier alpha value is -1.86. The molecule has 1 aromatic rings. The summed E-state index contributed by atoms with van der Waals surface area (Å²) >= 11 is 0. The number of benzene rings is 1. The number of nitrogens with one attached hydrogen (secondary N) is 1. The maximum atomic E-state index is 12.0. The molecule has 4 heteroatoms. The summed E-state index contributed by atoms with van der Waals surface area (Å²) in [4.78, 5) is 12.0. The van der Waals surface area contributed by atoms with Crippen molar-refractivity contribution in [1.82, 2.24) is 5.32 Å². The third-order valence-electron chi connectivity index (χ3n) is 4.01. The molecule has 0 spiro atoms. The summed E-state index contributed by atoms with van der Waals surface area (Å²) in [7, 11) is 0. The molecule has 0 unspecified atom stereocenters. The number of carbonyl (C=O) groups is 1. The summed E-state index contributed by atoms with van der Waals surface area (Å²) < 4.78 is 5.86. The van der Waals surface area contributed by atoms with Gasteiger partial charge in [-0.3, -0.25) is 4.79 Å². The molecule has 1 aliphatic rings. The summed E-state index contributed by atoms with van der Waals surface area (Å²) in [5.74, 6) is 0.453. The van der Waals surface area contributed by atoms with Crippen LogP contribution in [0.1, 0.15) is 48.5 Å². The molecule has 0 bridgehead atoms. The van der Waals surface area contributed by atoms with Gasteiger partial charge in [0.05, 0.1) is 24.3 Å². The van der Waals surface area contributed by atoms with Crippen LogP contribution < -0.4 is 5.32 Å². The number of rotatable bonds is 5. The Morgan fingerprint density at radius 1 is 1.43 bits per heavy atom. The molecule has 0 saturated heterocycles. The van der Waals surface area contributed by atoms with Crippen LogP contribution in [-0.2, 0) is 4.74 Å². The van der Waals surface area contributed by atoms with E-state index in [9.17, 15) is 4.79 Å². The number of hydrogen-bond donors (Lipinski definition) is 1. The fourth-order valence-electron chi connectivity index (χ4n) is 2.74. The molecule has 112 valence electrons. The van der Waals surface area contributed by atoms with E-state index >= 15 is 0 Å². The van der Waals surface area contributed by atoms with Crippen molar-refractivity contribution in [3.8, 4) is 6.07 Å². The lowest BCUT2D eigenvalue weighted by molar-refractivity contribution is -0.00293. The highest BCUT2D eigenvalue weighted by atomic mass is 16.5. The van der Waals surface area contributed by atoms with Crippen molar-refractivity contribution < 1.29 is 9.53 Å². The van der Waals surface area contributed by atoms with Gasteiger partial charge in [-0.05, 0) is 37.0 Å². The van der Waals surface area contributed by atoms with E-state index in [4.69, 9.17) is 10.00 Å². The van der Waals surface area contributed by atoms with E-state index in [-0.39, 0.29) is 5.91 Å². The summed E-state index contributed by atoms with van der Waals surface area (Å²) in [6.07, 6.45) is 5.23. The van der Waals surface area contributed by atoms with Crippen molar-refractivity contribution in [2.45, 2.75) is 38.7 Å². The third-order valence-corrected chi connectivity index (χ3v) is 4.01. The van der Waals surface area contributed by atoms with Crippen LogP contribution in [0.15, 0.2) is 24.3 Å². The van der Waals surface area contributed by atoms with Crippen LogP contribution in [0.2, 0.25) is 0 Å². The van der Waals surface area contributed by atoms with Gasteiger partial charge in [0.1, 0.15) is 0 Å². The van der Waals surface area contributed by atoms with Gasteiger partial charge in [0.2, 0.25) is 0 Å². The Morgan fingerprint density at radius 2 is 2.24 bits per heavy atom. The van der Waals surface area contributed by atoms with Crippen LogP contribution in [-0.4, -0.2) is 25.2 Å². The van der Waals surface area contributed by atoms with Crippen LogP contribution in [0.3, 0.4) is 0 Å². The first-order chi connectivity index (χ1) is 10.2. The molecule has 2 atom stereocenters. The van der Waals surface area contributed by atoms with Crippen LogP contribution in [0.5, 0.6) is 0 Å². The molecule has 1 aromatic carbocycles. The average Bonchev–Trinajstić information content (AvgIpc) is 2.53. The molecule has 2 rings (SSSR count). The van der Waals surface area contributed by atoms with Crippen LogP contribution in [0.4, 0.5) is 0 Å². The van der Waals surface area contributed by atoms with Crippen LogP contribution in [0.25, 0.3) is 0 Å². The first-order valence-corrected chi connectivity index (χ1v) is 7.60. The SMILES string of the molecule is C[C@@H]1CCCC[C@H]1OCCNC(=O)c1cccc(C#N)c1. The maximum Gasteiger partial charge on any atom is 0.251 e. The smallest absolute Gasteiger partial charge is 0.251 e. The maximum absolute atomic E-state index is 12.0. The summed E-state index contributed by atoms with van der Waals surface area (Å²) in [6, 6.07) is 8.74. The molecule has 21 heavy (non-hydrogen) atoms. The number of carbonyl (C=O) groups excluding carboxylic acids is 1. The van der Waals surface area contributed by atoms with Gasteiger partial charge in [0, 0.05) is 12.1 Å². The fourth-order valence-corrected chi connectivity index (χ4v) is 2.74. The van der Waals surface area contributed by atoms with Gasteiger partial charge in [0.15, 0.2) is 0 Å². The topological polar surface area (TPSA) is 62.1 Å². The first-order valence-electron chi connectivity index (χ1n) is 7.60. The van der Waals surface area contributed by atoms with Crippen molar-refractivity contribution in [2.75, 3.05) is 13.2 Å². The minimum atomic E-state index is -0.160. The van der Waals surface area contributed by atoms with Gasteiger partial charge in [0.25, 0.3) is 5.91 Å². The van der Waals surface area contributed by atoms with Gasteiger partial charge >= 0.3 is 0 Å². The average molecular weight is 286 g/mol. The third kappa shape index (κ3) is 4.57. The number of hydrogen-bond acceptors (Lipinski definition) is 3. The lowest BCUT2D eigenvalue weighted by Gasteiger charge is -2.28. The lowest BCUT2D eigenvalue weighted by atomic mass is 9.88. The van der Waals surface area contributed by atoms with Crippen LogP contribution >= 0.6 is 0 Å². The van der Waals surface area contributed by atoms with Gasteiger partial charge in [-0.15, -0.1) is 0 Å². The predicted octanol–water partition coefficient (Wildman–Crippen LogP) is 2.88. The van der Waals surface area contributed by atoms with Crippen LogP contribution in [0, 0.1) is 17.2 Å². The Balaban J connectivity index is 1.73. The summed E-state index contributed by atoms with van der Waals surface area (Å²) in [5, 5.41) is 11.7. The van der Waals surface area contributed by atoms with E-state index in [1.165, 1.54) is 19.3 Å². The second kappa shape index (κ2) is 7.80. The molecular formula is C17H22N2O2. The predicted molar refractivity (Wildman–Crippen MR) is 80.9 cm³/mol. The van der Waals surface area contributed by atoms with E-state index in [0.29, 0.717) is 36.3 Å². The lowest BCUT2D eigenvalue weighted by Crippen LogP contribution is -2.31. The largest absolute Gasteiger partial charge is 0.376 e. The van der Waals surface area contributed by atoms with Gasteiger partial charge in [-0.25, -0.2) is 0 Å². The zero-order valence-corrected chi connectivity index (χ0v) is 12.5. The highest BCUT2D eigenvalue weighted by Gasteiger charge is 2.21. The van der Waals surface area contributed by atoms with E-state index in [2.05, 4.69) is 12.2 Å². The number of nitrogens with zero attached hydrogens (tertiary/aromatic N) is 1. The molecule has 1 saturated carbocycles. The van der Waals surface area contributed by atoms with E-state index in [1.54, 1.807) is 24.3 Å². The Kier molecular flexibility index (Phi) is 5.77. The molecule has 0 radical (unpaired) electrons. The molecule has 0 aromatic heterocycles. The van der Waals surface area contributed by atoms with Gasteiger partial charge in [-0.2, -0.15) is 5.26 Å². The Labute approximate surface area is 126 Å². The molecular weight excluding hydrogens is 264 g/mol. The van der Waals surface area contributed by atoms with Crippen molar-refractivity contribution in [2.24, 2.45) is 5.92 Å². The van der Waals surface area contributed by atoms with Crippen molar-refractivity contribution in [1.29, 1.82) is 5.26 Å². The Morgan fingerprint density at radius 3 is 3.00 bits per heavy atom. The van der Waals surface area contributed by atoms with Gasteiger partial charge in [-0.1, -0.05) is 25.8 Å². The summed E-state index contributed by atoms with van der Waals surface area (Å²) in [5.41, 5.74) is 1.01. The summed E-state index contributed by atoms with van der Waals surface area (Å²) in [6.45, 7) is 3.27. The van der Waals surface area contributed by atoms with Crippen molar-refractivity contribution in [3.63, 3.8) is 0 Å². The molecule has 1 N–H and O–H groups in total. The zero-order valence-electron chi connectivity index (χ0n) is 12.5. The monoisotopic (exact) mass is 286 g/mol. The highest BCUT2D eigenvalue weighted by molar-refractivity contribution is 5.94. The standard InChI is InChI=1S/C17H22N2O2/c1-13-5-2-3-8-16(13)21-10-9-19-17(20)15-7-4-6-14(11-15)12-18/h4,6-7,11,13,16H,2-3,5,8-10H2,1H3,(H,19,20)/t13-,16-/m1/s1. The Bertz CT molecular complexity index is 522. The minimum Gasteiger partial charge on any atom is -0.376 e. The molecule has 1 fully saturated rings. The fraction of sp³-hybridized carbons (Fsp3) is 0.529. The highest BCUT2D eigenvalue weighted by Crippen LogP contribution is 2.25. The van der Waals surface area contributed by atoms with Crippen molar-refractivity contribution >= 4 is 5.91 Å². The van der Waals surface area contributed by atoms with Crippen molar-refractivity contribution in [3.05, 3.63) is 35.4 Å². The molecule has 0 aliphatic heterocycles. The molecule has 0 heterocycles. The van der Waals surface area contributed by atoms with E-state index < -0.39 is 0 Å².